The van der Waals surface area contributed by atoms with E-state index in [0.717, 1.165) is 42.4 Å². The van der Waals surface area contributed by atoms with Gasteiger partial charge in [-0.3, -0.25) is 14.2 Å². The first-order chi connectivity index (χ1) is 14.4. The molecule has 1 atom stereocenters. The van der Waals surface area contributed by atoms with Crippen molar-refractivity contribution in [3.8, 4) is 0 Å². The molecule has 6 nitrogen and oxygen atoms in total. The van der Waals surface area contributed by atoms with Gasteiger partial charge in [0.25, 0.3) is 5.56 Å². The van der Waals surface area contributed by atoms with Crippen LogP contribution in [0, 0.1) is 5.92 Å². The standard InChI is InChI=1S/C22H32N4O2S2/c1-14(15-9-10-15)23-18(27)13-29-22-24-20-19(16-7-4-5-8-17(16)30-20)21(28)26(22)12-6-11-25(2)3/h14-15H,4-13H2,1-3H3,(H,23,27). The molecule has 1 fully saturated rings. The van der Waals surface area contributed by atoms with Crippen molar-refractivity contribution in [1.29, 1.82) is 0 Å². The predicted octanol–water partition coefficient (Wildman–Crippen LogP) is 3.30. The van der Waals surface area contributed by atoms with Crippen molar-refractivity contribution in [2.24, 2.45) is 5.92 Å². The zero-order chi connectivity index (χ0) is 21.3. The summed E-state index contributed by atoms with van der Waals surface area (Å²) in [6, 6.07) is 0.236. The van der Waals surface area contributed by atoms with Gasteiger partial charge in [-0.05, 0) is 84.0 Å². The lowest BCUT2D eigenvalue weighted by Gasteiger charge is -2.16. The Bertz CT molecular complexity index is 978. The van der Waals surface area contributed by atoms with Crippen LogP contribution in [0.5, 0.6) is 0 Å². The Morgan fingerprint density at radius 2 is 2.10 bits per heavy atom. The molecule has 2 aliphatic carbocycles. The first kappa shape index (κ1) is 21.8. The number of hydrogen-bond donors (Lipinski definition) is 1. The van der Waals surface area contributed by atoms with Crippen molar-refractivity contribution in [3.05, 3.63) is 20.8 Å². The van der Waals surface area contributed by atoms with Crippen molar-refractivity contribution < 1.29 is 4.79 Å². The normalized spacial score (nSPS) is 17.3. The third-order valence-electron chi connectivity index (χ3n) is 6.08. The van der Waals surface area contributed by atoms with E-state index < -0.39 is 0 Å². The minimum absolute atomic E-state index is 0.0269. The van der Waals surface area contributed by atoms with Crippen LogP contribution in [0.25, 0.3) is 10.2 Å². The molecule has 2 aromatic rings. The predicted molar refractivity (Wildman–Crippen MR) is 125 cm³/mol. The van der Waals surface area contributed by atoms with Crippen LogP contribution < -0.4 is 10.9 Å². The Morgan fingerprint density at radius 3 is 2.83 bits per heavy atom. The van der Waals surface area contributed by atoms with Gasteiger partial charge in [-0.15, -0.1) is 11.3 Å². The van der Waals surface area contributed by atoms with E-state index in [1.165, 1.54) is 41.5 Å². The van der Waals surface area contributed by atoms with Crippen molar-refractivity contribution in [1.82, 2.24) is 19.8 Å². The number of rotatable bonds is 9. The lowest BCUT2D eigenvalue weighted by Crippen LogP contribution is -2.35. The highest BCUT2D eigenvalue weighted by molar-refractivity contribution is 7.99. The summed E-state index contributed by atoms with van der Waals surface area (Å²) in [5.41, 5.74) is 1.31. The molecule has 1 amide bonds. The Labute approximate surface area is 186 Å². The molecule has 0 aliphatic heterocycles. The SMILES string of the molecule is CC(NC(=O)CSc1nc2sc3c(c2c(=O)n1CCCN(C)C)CCCC3)C1CC1. The van der Waals surface area contributed by atoms with Crippen molar-refractivity contribution >= 4 is 39.2 Å². The average molecular weight is 449 g/mol. The lowest BCUT2D eigenvalue weighted by molar-refractivity contribution is -0.119. The van der Waals surface area contributed by atoms with Crippen LogP contribution in [-0.4, -0.2) is 52.8 Å². The molecule has 0 saturated heterocycles. The molecule has 0 spiro atoms. The van der Waals surface area contributed by atoms with Crippen molar-refractivity contribution in [2.45, 2.75) is 69.6 Å². The van der Waals surface area contributed by atoms with E-state index in [1.54, 1.807) is 11.3 Å². The van der Waals surface area contributed by atoms with E-state index in [-0.39, 0.29) is 17.5 Å². The monoisotopic (exact) mass is 448 g/mol. The van der Waals surface area contributed by atoms with Crippen LogP contribution in [-0.2, 0) is 24.2 Å². The van der Waals surface area contributed by atoms with E-state index in [9.17, 15) is 9.59 Å². The minimum Gasteiger partial charge on any atom is -0.353 e. The molecule has 164 valence electrons. The first-order valence-corrected chi connectivity index (χ1v) is 12.9. The lowest BCUT2D eigenvalue weighted by atomic mass is 9.97. The number of thiophene rings is 1. The Balaban J connectivity index is 1.58. The van der Waals surface area contributed by atoms with Crippen molar-refractivity contribution in [2.75, 3.05) is 26.4 Å². The van der Waals surface area contributed by atoms with Gasteiger partial charge in [-0.1, -0.05) is 11.8 Å². The number of amides is 1. The fourth-order valence-electron chi connectivity index (χ4n) is 4.21. The minimum atomic E-state index is 0.0269. The number of nitrogens with zero attached hydrogens (tertiary/aromatic N) is 3. The van der Waals surface area contributed by atoms with Gasteiger partial charge in [-0.2, -0.15) is 0 Å². The summed E-state index contributed by atoms with van der Waals surface area (Å²) in [6.07, 6.45) is 7.68. The molecule has 1 N–H and O–H groups in total. The molecule has 1 unspecified atom stereocenters. The summed E-state index contributed by atoms with van der Waals surface area (Å²) in [5, 5.41) is 4.61. The quantitative estimate of drug-likeness (QED) is 0.471. The van der Waals surface area contributed by atoms with Gasteiger partial charge in [0.05, 0.1) is 11.1 Å². The highest BCUT2D eigenvalue weighted by Crippen LogP contribution is 2.35. The number of aromatic nitrogens is 2. The maximum Gasteiger partial charge on any atom is 0.263 e. The molecule has 2 heterocycles. The molecule has 2 aliphatic rings. The number of hydrogen-bond acceptors (Lipinski definition) is 6. The fourth-order valence-corrected chi connectivity index (χ4v) is 6.35. The first-order valence-electron chi connectivity index (χ1n) is 11.1. The molecule has 0 radical (unpaired) electrons. The second-order valence-electron chi connectivity index (χ2n) is 8.88. The topological polar surface area (TPSA) is 67.2 Å². The average Bonchev–Trinajstić information content (AvgIpc) is 3.49. The third-order valence-corrected chi connectivity index (χ3v) is 8.24. The second-order valence-corrected chi connectivity index (χ2v) is 10.9. The number of carbonyl (C=O) groups is 1. The van der Waals surface area contributed by atoms with Crippen LogP contribution in [0.3, 0.4) is 0 Å². The molecule has 4 rings (SSSR count). The van der Waals surface area contributed by atoms with Crippen LogP contribution in [0.1, 0.15) is 49.5 Å². The molecule has 1 saturated carbocycles. The summed E-state index contributed by atoms with van der Waals surface area (Å²) in [7, 11) is 4.08. The summed E-state index contributed by atoms with van der Waals surface area (Å²) >= 11 is 3.07. The van der Waals surface area contributed by atoms with Crippen LogP contribution >= 0.6 is 23.1 Å². The highest BCUT2D eigenvalue weighted by Gasteiger charge is 2.29. The maximum absolute atomic E-state index is 13.5. The fraction of sp³-hybridized carbons (Fsp3) is 0.682. The molecule has 2 aromatic heterocycles. The van der Waals surface area contributed by atoms with Gasteiger partial charge in [0.15, 0.2) is 5.16 Å². The smallest absolute Gasteiger partial charge is 0.263 e. The van der Waals surface area contributed by atoms with E-state index in [1.807, 2.05) is 18.7 Å². The van der Waals surface area contributed by atoms with Crippen molar-refractivity contribution in [3.63, 3.8) is 0 Å². The van der Waals surface area contributed by atoms with Gasteiger partial charge in [-0.25, -0.2) is 4.98 Å². The van der Waals surface area contributed by atoms with Crippen LogP contribution in [0.2, 0.25) is 0 Å². The Morgan fingerprint density at radius 1 is 1.33 bits per heavy atom. The molecule has 30 heavy (non-hydrogen) atoms. The zero-order valence-corrected chi connectivity index (χ0v) is 19.8. The van der Waals surface area contributed by atoms with E-state index >= 15 is 0 Å². The van der Waals surface area contributed by atoms with Crippen LogP contribution in [0.4, 0.5) is 0 Å². The summed E-state index contributed by atoms with van der Waals surface area (Å²) < 4.78 is 1.82. The summed E-state index contributed by atoms with van der Waals surface area (Å²) in [4.78, 5) is 35.1. The summed E-state index contributed by atoms with van der Waals surface area (Å²) in [6.45, 7) is 3.63. The molecule has 8 heteroatoms. The van der Waals surface area contributed by atoms with Gasteiger partial charge in [0.2, 0.25) is 5.91 Å². The number of nitrogens with one attached hydrogen (secondary N) is 1. The Kier molecular flexibility index (Phi) is 6.85. The number of fused-ring (bicyclic) bond motifs is 3. The van der Waals surface area contributed by atoms with E-state index in [2.05, 4.69) is 17.1 Å². The summed E-state index contributed by atoms with van der Waals surface area (Å²) in [5.74, 6) is 0.961. The largest absolute Gasteiger partial charge is 0.353 e. The van der Waals surface area contributed by atoms with Gasteiger partial charge >= 0.3 is 0 Å². The number of carbonyl (C=O) groups excluding carboxylic acids is 1. The molecule has 0 bridgehead atoms. The third kappa shape index (κ3) is 4.92. The zero-order valence-electron chi connectivity index (χ0n) is 18.2. The van der Waals surface area contributed by atoms with Crippen LogP contribution in [0.15, 0.2) is 9.95 Å². The molecular weight excluding hydrogens is 416 g/mol. The molecular formula is C22H32N4O2S2. The molecule has 0 aromatic carbocycles. The highest BCUT2D eigenvalue weighted by atomic mass is 32.2. The van der Waals surface area contributed by atoms with E-state index in [0.29, 0.717) is 23.4 Å². The van der Waals surface area contributed by atoms with E-state index in [4.69, 9.17) is 4.98 Å². The second kappa shape index (κ2) is 9.40. The van der Waals surface area contributed by atoms with Gasteiger partial charge in [0, 0.05) is 17.5 Å². The number of thioether (sulfide) groups is 1. The maximum atomic E-state index is 13.5. The van der Waals surface area contributed by atoms with Gasteiger partial charge < -0.3 is 10.2 Å². The van der Waals surface area contributed by atoms with Gasteiger partial charge in [0.1, 0.15) is 4.83 Å². The number of aryl methyl sites for hydroxylation is 2. The Hall–Kier alpha value is -1.38.